The van der Waals surface area contributed by atoms with Crippen LogP contribution in [0.4, 0.5) is 0 Å². The first-order valence-corrected chi connectivity index (χ1v) is 26.4. The fraction of sp³-hybridized carbons (Fsp3) is 0.269. The zero-order chi connectivity index (χ0) is 50.8. The molecule has 0 amide bonds. The molecule has 0 unspecified atom stereocenters. The van der Waals surface area contributed by atoms with Gasteiger partial charge in [0.25, 0.3) is 6.71 Å². The maximum absolute atomic E-state index is 7.19. The van der Waals surface area contributed by atoms with E-state index in [0.717, 1.165) is 72.7 Å². The Morgan fingerprint density at radius 2 is 1.18 bits per heavy atom. The molecule has 0 bridgehead atoms. The van der Waals surface area contributed by atoms with Gasteiger partial charge >= 0.3 is 0 Å². The molecule has 5 nitrogen and oxygen atoms in total. The second-order valence-corrected chi connectivity index (χ2v) is 24.8. The molecular formula is C67H64BN3O2. The first-order chi connectivity index (χ1) is 34.7. The Morgan fingerprint density at radius 3 is 1.90 bits per heavy atom. The van der Waals surface area contributed by atoms with Crippen molar-refractivity contribution in [2.24, 2.45) is 0 Å². The predicted molar refractivity (Wildman–Crippen MR) is 309 cm³/mol. The molecule has 0 aliphatic carbocycles. The highest BCUT2D eigenvalue weighted by molar-refractivity contribution is 6.99. The van der Waals surface area contributed by atoms with Crippen LogP contribution in [0.5, 0.6) is 11.5 Å². The molecule has 73 heavy (non-hydrogen) atoms. The molecule has 362 valence electrons. The molecule has 8 aromatic carbocycles. The third-order valence-corrected chi connectivity index (χ3v) is 16.2. The number of hydrogen-bond donors (Lipinski definition) is 0. The number of hydrogen-bond acceptors (Lipinski definition) is 3. The maximum atomic E-state index is 7.19. The van der Waals surface area contributed by atoms with Gasteiger partial charge in [0, 0.05) is 32.7 Å². The smallest absolute Gasteiger partial charge is 0.256 e. The lowest BCUT2D eigenvalue weighted by Crippen LogP contribution is -2.58. The first-order valence-electron chi connectivity index (χ1n) is 26.4. The second-order valence-electron chi connectivity index (χ2n) is 24.8. The van der Waals surface area contributed by atoms with E-state index in [2.05, 4.69) is 239 Å². The Hall–Kier alpha value is -7.31. The Bertz CT molecular complexity index is 4110. The average Bonchev–Trinajstić information content (AvgIpc) is 4.03. The number of nitrogens with zero attached hydrogens (tertiary/aromatic N) is 3. The van der Waals surface area contributed by atoms with E-state index in [0.29, 0.717) is 11.8 Å². The van der Waals surface area contributed by atoms with E-state index >= 15 is 0 Å². The van der Waals surface area contributed by atoms with E-state index in [1.165, 1.54) is 71.7 Å². The molecule has 11 aromatic rings. The van der Waals surface area contributed by atoms with Gasteiger partial charge in [-0.1, -0.05) is 163 Å². The van der Waals surface area contributed by atoms with Gasteiger partial charge in [-0.2, -0.15) is 0 Å². The Balaban J connectivity index is 1.04. The SMILES string of the molecule is CC(C)c1cccc(C(C)C)c1-n1c(-c2cccc3c2oc2cc(-c4cc5c6c(c4)-n4c7ccc(C(C)(C)C)cc7c7cc(C(C)(C)C)cc(c74)B6c4cc(C(C)(C)C)ccc4O5)ccc23)nc2ccccc21. The summed E-state index contributed by atoms with van der Waals surface area (Å²) in [6, 6.07) is 52.3. The van der Waals surface area contributed by atoms with Crippen LogP contribution in [0.2, 0.25) is 0 Å². The molecule has 0 N–H and O–H groups in total. The minimum atomic E-state index is -0.0591. The number of aromatic nitrogens is 3. The number of para-hydroxylation sites is 4. The zero-order valence-corrected chi connectivity index (χ0v) is 44.7. The molecule has 0 fully saturated rings. The van der Waals surface area contributed by atoms with Crippen molar-refractivity contribution in [1.82, 2.24) is 14.1 Å². The summed E-state index contributed by atoms with van der Waals surface area (Å²) in [5, 5.41) is 4.74. The van der Waals surface area contributed by atoms with E-state index in [4.69, 9.17) is 14.1 Å². The summed E-state index contributed by atoms with van der Waals surface area (Å²) in [5.74, 6) is 3.33. The summed E-state index contributed by atoms with van der Waals surface area (Å²) < 4.78 is 19.3. The lowest BCUT2D eigenvalue weighted by molar-refractivity contribution is 0.486. The molecule has 6 heteroatoms. The number of ether oxygens (including phenoxy) is 1. The minimum Gasteiger partial charge on any atom is -0.458 e. The Morgan fingerprint density at radius 1 is 0.507 bits per heavy atom. The summed E-state index contributed by atoms with van der Waals surface area (Å²) in [7, 11) is 0. The molecule has 2 aliphatic heterocycles. The van der Waals surface area contributed by atoms with Crippen LogP contribution < -0.4 is 21.1 Å². The van der Waals surface area contributed by atoms with Crippen LogP contribution in [0.3, 0.4) is 0 Å². The van der Waals surface area contributed by atoms with Crippen LogP contribution >= 0.6 is 0 Å². The summed E-state index contributed by atoms with van der Waals surface area (Å²) in [6.07, 6.45) is 0. The molecule has 2 aliphatic rings. The minimum absolute atomic E-state index is 0.00538. The van der Waals surface area contributed by atoms with Gasteiger partial charge in [-0.05, 0) is 150 Å². The fourth-order valence-corrected chi connectivity index (χ4v) is 12.2. The van der Waals surface area contributed by atoms with Crippen molar-refractivity contribution < 1.29 is 9.15 Å². The van der Waals surface area contributed by atoms with Crippen molar-refractivity contribution in [2.75, 3.05) is 0 Å². The van der Waals surface area contributed by atoms with Gasteiger partial charge in [0.15, 0.2) is 0 Å². The molecule has 0 saturated heterocycles. The molecule has 0 spiro atoms. The van der Waals surface area contributed by atoms with Crippen LogP contribution in [0, 0.1) is 0 Å². The van der Waals surface area contributed by atoms with Crippen molar-refractivity contribution in [3.05, 3.63) is 167 Å². The summed E-state index contributed by atoms with van der Waals surface area (Å²) in [4.78, 5) is 5.42. The monoisotopic (exact) mass is 954 g/mol. The van der Waals surface area contributed by atoms with Crippen LogP contribution in [-0.2, 0) is 16.2 Å². The number of fused-ring (bicyclic) bond motifs is 11. The third kappa shape index (κ3) is 6.85. The number of furan rings is 1. The fourth-order valence-electron chi connectivity index (χ4n) is 12.2. The Kier molecular flexibility index (Phi) is 9.74. The Labute approximate surface area is 429 Å². The van der Waals surface area contributed by atoms with Gasteiger partial charge in [0.1, 0.15) is 28.5 Å². The number of rotatable bonds is 5. The van der Waals surface area contributed by atoms with Crippen molar-refractivity contribution in [3.8, 4) is 45.4 Å². The van der Waals surface area contributed by atoms with Crippen LogP contribution in [0.15, 0.2) is 144 Å². The summed E-state index contributed by atoms with van der Waals surface area (Å²) in [6.45, 7) is 30.0. The normalized spacial score (nSPS) is 13.6. The molecule has 0 radical (unpaired) electrons. The molecule has 5 heterocycles. The van der Waals surface area contributed by atoms with Gasteiger partial charge in [-0.3, -0.25) is 4.57 Å². The molecule has 0 atom stereocenters. The number of imidazole rings is 1. The van der Waals surface area contributed by atoms with Gasteiger partial charge in [0.05, 0.1) is 27.8 Å². The van der Waals surface area contributed by atoms with E-state index in [9.17, 15) is 0 Å². The van der Waals surface area contributed by atoms with E-state index in [1.54, 1.807) is 0 Å². The quantitative estimate of drug-likeness (QED) is 0.162. The van der Waals surface area contributed by atoms with Crippen LogP contribution in [0.1, 0.15) is 130 Å². The van der Waals surface area contributed by atoms with Gasteiger partial charge in [0.2, 0.25) is 0 Å². The number of benzene rings is 8. The van der Waals surface area contributed by atoms with Gasteiger partial charge < -0.3 is 13.7 Å². The van der Waals surface area contributed by atoms with E-state index in [1.807, 2.05) is 0 Å². The molecule has 3 aromatic heterocycles. The highest BCUT2D eigenvalue weighted by atomic mass is 16.5. The lowest BCUT2D eigenvalue weighted by atomic mass is 9.34. The molecule has 13 rings (SSSR count). The average molecular weight is 954 g/mol. The summed E-state index contributed by atoms with van der Waals surface area (Å²) in [5.41, 5.74) is 22.0. The van der Waals surface area contributed by atoms with Crippen LogP contribution in [0.25, 0.3) is 88.7 Å². The standard InChI is InChI=1S/C67H64BN3O2/c1-37(2)44-18-16-19-45(38(3)4)61(44)71-55-23-15-14-22-53(55)69-64(71)48-21-17-20-47-46-27-24-39(31-58(46)73-63(47)48)40-30-56-60-59(32-40)72-57-29-26-42(66(8,9)10)35-51(57)68(60)52-36-43(67(11,12)13)34-50-49-33-41(65(5,6)7)25-28-54(49)70(56)62(50)52/h14-38H,1-13H3. The van der Waals surface area contributed by atoms with Crippen molar-refractivity contribution >= 4 is 77.9 Å². The predicted octanol–water partition coefficient (Wildman–Crippen LogP) is 16.4. The van der Waals surface area contributed by atoms with Crippen LogP contribution in [-0.4, -0.2) is 20.8 Å². The molecular weight excluding hydrogens is 890 g/mol. The summed E-state index contributed by atoms with van der Waals surface area (Å²) >= 11 is 0. The highest BCUT2D eigenvalue weighted by Crippen LogP contribution is 2.45. The highest BCUT2D eigenvalue weighted by Gasteiger charge is 2.42. The van der Waals surface area contributed by atoms with Crippen molar-refractivity contribution in [2.45, 2.75) is 118 Å². The lowest BCUT2D eigenvalue weighted by Gasteiger charge is -2.35. The second kappa shape index (κ2) is 15.6. The van der Waals surface area contributed by atoms with Crippen molar-refractivity contribution in [1.29, 1.82) is 0 Å². The van der Waals surface area contributed by atoms with Gasteiger partial charge in [-0.15, -0.1) is 0 Å². The van der Waals surface area contributed by atoms with E-state index < -0.39 is 0 Å². The topological polar surface area (TPSA) is 45.1 Å². The maximum Gasteiger partial charge on any atom is 0.256 e. The van der Waals surface area contributed by atoms with E-state index in [-0.39, 0.29) is 23.0 Å². The zero-order valence-electron chi connectivity index (χ0n) is 44.7. The molecule has 0 saturated carbocycles. The largest absolute Gasteiger partial charge is 0.458 e. The first kappa shape index (κ1) is 45.5. The van der Waals surface area contributed by atoms with Crippen molar-refractivity contribution in [3.63, 3.8) is 0 Å². The third-order valence-electron chi connectivity index (χ3n) is 16.2. The van der Waals surface area contributed by atoms with Gasteiger partial charge in [-0.25, -0.2) is 4.98 Å².